The van der Waals surface area contributed by atoms with E-state index in [1.807, 2.05) is 18.2 Å². The second-order valence-electron chi connectivity index (χ2n) is 11.8. The van der Waals surface area contributed by atoms with Crippen LogP contribution < -0.4 is 16.7 Å². The van der Waals surface area contributed by atoms with Crippen molar-refractivity contribution in [2.75, 3.05) is 39.1 Å². The lowest BCUT2D eigenvalue weighted by molar-refractivity contribution is -0.135. The number of fused-ring (bicyclic) bond motifs is 1. The van der Waals surface area contributed by atoms with Gasteiger partial charge in [-0.25, -0.2) is 13.6 Å². The molecule has 2 aromatic heterocycles. The summed E-state index contributed by atoms with van der Waals surface area (Å²) in [5.74, 6) is -0.145. The predicted octanol–water partition coefficient (Wildman–Crippen LogP) is 3.73. The SMILES string of the molecule is CN(CCOCCCc1cccc2c1[nH]c(=O)n2C1CCC(=O)NC1=O)CCC1CCC(n2cc(N)c(C(F)F)n2)CC1. The second-order valence-corrected chi connectivity index (χ2v) is 11.8. The zero-order valence-electron chi connectivity index (χ0n) is 24.6. The summed E-state index contributed by atoms with van der Waals surface area (Å²) in [4.78, 5) is 41.8. The molecular weight excluding hydrogens is 560 g/mol. The number of hydrogen-bond acceptors (Lipinski definition) is 7. The molecule has 0 bridgehead atoms. The van der Waals surface area contributed by atoms with E-state index in [0.29, 0.717) is 31.1 Å². The predicted molar refractivity (Wildman–Crippen MR) is 158 cm³/mol. The van der Waals surface area contributed by atoms with Gasteiger partial charge in [-0.15, -0.1) is 0 Å². The number of carbonyl (C=O) groups is 2. The first-order valence-electron chi connectivity index (χ1n) is 15.2. The van der Waals surface area contributed by atoms with Crippen LogP contribution >= 0.6 is 0 Å². The van der Waals surface area contributed by atoms with E-state index in [9.17, 15) is 23.2 Å². The highest BCUT2D eigenvalue weighted by atomic mass is 19.3. The number of nitrogens with two attached hydrogens (primary N) is 1. The van der Waals surface area contributed by atoms with Gasteiger partial charge >= 0.3 is 5.69 Å². The zero-order chi connectivity index (χ0) is 30.5. The third-order valence-electron chi connectivity index (χ3n) is 8.82. The fraction of sp³-hybridized carbons (Fsp3) is 0.600. The van der Waals surface area contributed by atoms with Gasteiger partial charge < -0.3 is 20.4 Å². The van der Waals surface area contributed by atoms with Crippen LogP contribution in [0, 0.1) is 5.92 Å². The van der Waals surface area contributed by atoms with Crippen molar-refractivity contribution in [3.05, 3.63) is 46.1 Å². The summed E-state index contributed by atoms with van der Waals surface area (Å²) in [5, 5.41) is 6.35. The minimum atomic E-state index is -2.65. The van der Waals surface area contributed by atoms with Gasteiger partial charge in [-0.1, -0.05) is 12.1 Å². The monoisotopic (exact) mass is 601 g/mol. The first-order chi connectivity index (χ1) is 20.7. The van der Waals surface area contributed by atoms with Crippen molar-refractivity contribution in [2.45, 2.75) is 76.3 Å². The molecule has 1 aromatic carbocycles. The summed E-state index contributed by atoms with van der Waals surface area (Å²) in [7, 11) is 2.09. The summed E-state index contributed by atoms with van der Waals surface area (Å²) in [6, 6.07) is 5.11. The maximum atomic E-state index is 13.0. The average Bonchev–Trinajstić information content (AvgIpc) is 3.54. The Hall–Kier alpha value is -3.58. The molecule has 0 radical (unpaired) electrons. The van der Waals surface area contributed by atoms with Crippen LogP contribution in [0.2, 0.25) is 0 Å². The number of halogens is 2. The molecule has 1 aliphatic carbocycles. The van der Waals surface area contributed by atoms with Gasteiger partial charge in [-0.05, 0) is 82.5 Å². The second kappa shape index (κ2) is 13.8. The molecule has 2 aliphatic rings. The van der Waals surface area contributed by atoms with E-state index in [4.69, 9.17) is 10.5 Å². The topological polar surface area (TPSA) is 140 Å². The quantitative estimate of drug-likeness (QED) is 0.200. The van der Waals surface area contributed by atoms with Crippen LogP contribution in [0.5, 0.6) is 0 Å². The lowest BCUT2D eigenvalue weighted by Gasteiger charge is -2.30. The van der Waals surface area contributed by atoms with E-state index in [1.165, 1.54) is 4.57 Å². The molecule has 11 nitrogen and oxygen atoms in total. The number of benzene rings is 1. The number of imide groups is 1. The number of piperidine rings is 1. The number of carbonyl (C=O) groups excluding carboxylic acids is 2. The van der Waals surface area contributed by atoms with Crippen LogP contribution in [0.1, 0.15) is 81.1 Å². The van der Waals surface area contributed by atoms with Crippen LogP contribution in [-0.2, 0) is 20.7 Å². The molecular formula is C30H41F2N7O4. The number of rotatable bonds is 13. The van der Waals surface area contributed by atoms with Crippen molar-refractivity contribution in [3.8, 4) is 0 Å². The number of nitrogens with one attached hydrogen (secondary N) is 2. The molecule has 43 heavy (non-hydrogen) atoms. The van der Waals surface area contributed by atoms with Crippen LogP contribution in [0.15, 0.2) is 29.2 Å². The average molecular weight is 602 g/mol. The number of alkyl halides is 2. The number of aromatic nitrogens is 4. The van der Waals surface area contributed by atoms with E-state index >= 15 is 0 Å². The van der Waals surface area contributed by atoms with Gasteiger partial charge in [0.05, 0.1) is 29.4 Å². The van der Waals surface area contributed by atoms with E-state index in [2.05, 4.69) is 27.3 Å². The Labute approximate surface area is 248 Å². The number of H-pyrrole nitrogens is 1. The first kappa shape index (κ1) is 30.9. The van der Waals surface area contributed by atoms with Crippen molar-refractivity contribution in [1.82, 2.24) is 29.5 Å². The van der Waals surface area contributed by atoms with Crippen molar-refractivity contribution in [3.63, 3.8) is 0 Å². The maximum absolute atomic E-state index is 13.0. The molecule has 5 rings (SSSR count). The number of hydrogen-bond donors (Lipinski definition) is 3. The van der Waals surface area contributed by atoms with Gasteiger partial charge in [-0.3, -0.25) is 24.2 Å². The normalized spacial score (nSPS) is 21.3. The highest BCUT2D eigenvalue weighted by molar-refractivity contribution is 6.00. The number of aryl methyl sites for hydroxylation is 1. The molecule has 1 saturated heterocycles. The molecule has 2 amide bonds. The Balaban J connectivity index is 0.993. The summed E-state index contributed by atoms with van der Waals surface area (Å²) >= 11 is 0. The molecule has 1 aliphatic heterocycles. The van der Waals surface area contributed by atoms with Crippen LogP contribution in [0.3, 0.4) is 0 Å². The van der Waals surface area contributed by atoms with E-state index in [1.54, 1.807) is 10.9 Å². The van der Waals surface area contributed by atoms with Gasteiger partial charge in [0.1, 0.15) is 6.04 Å². The molecule has 0 spiro atoms. The largest absolute Gasteiger partial charge is 0.396 e. The Morgan fingerprint density at radius 1 is 1.12 bits per heavy atom. The minimum absolute atomic E-state index is 0.0661. The van der Waals surface area contributed by atoms with Crippen molar-refractivity contribution in [1.29, 1.82) is 0 Å². The molecule has 13 heteroatoms. The van der Waals surface area contributed by atoms with Crippen LogP contribution in [-0.4, -0.2) is 69.4 Å². The van der Waals surface area contributed by atoms with E-state index in [-0.39, 0.29) is 35.4 Å². The minimum Gasteiger partial charge on any atom is -0.396 e. The molecule has 234 valence electrons. The zero-order valence-corrected chi connectivity index (χ0v) is 24.6. The fourth-order valence-electron chi connectivity index (χ4n) is 6.33. The summed E-state index contributed by atoms with van der Waals surface area (Å²) in [5.41, 5.74) is 7.47. The molecule has 1 atom stereocenters. The maximum Gasteiger partial charge on any atom is 0.327 e. The lowest BCUT2D eigenvalue weighted by Crippen LogP contribution is -2.43. The van der Waals surface area contributed by atoms with Gasteiger partial charge in [0.2, 0.25) is 11.8 Å². The van der Waals surface area contributed by atoms with Gasteiger partial charge in [0, 0.05) is 25.8 Å². The number of para-hydroxylation sites is 1. The molecule has 4 N–H and O–H groups in total. The summed E-state index contributed by atoms with van der Waals surface area (Å²) < 4.78 is 35.0. The Bertz CT molecular complexity index is 1470. The number of nitrogens with zero attached hydrogens (tertiary/aromatic N) is 4. The number of likely N-dealkylation sites (N-methyl/N-ethyl adjacent to an activating group) is 1. The Morgan fingerprint density at radius 3 is 2.63 bits per heavy atom. The third kappa shape index (κ3) is 7.32. The molecule has 1 unspecified atom stereocenters. The lowest BCUT2D eigenvalue weighted by atomic mass is 9.84. The molecule has 2 fully saturated rings. The first-order valence-corrected chi connectivity index (χ1v) is 15.2. The number of amides is 2. The molecule has 3 heterocycles. The van der Waals surface area contributed by atoms with Gasteiger partial charge in [-0.2, -0.15) is 5.10 Å². The van der Waals surface area contributed by atoms with Crippen molar-refractivity contribution >= 4 is 28.5 Å². The third-order valence-corrected chi connectivity index (χ3v) is 8.82. The summed E-state index contributed by atoms with van der Waals surface area (Å²) in [6.07, 6.45) is 5.95. The summed E-state index contributed by atoms with van der Waals surface area (Å²) in [6.45, 7) is 3.03. The highest BCUT2D eigenvalue weighted by Gasteiger charge is 2.31. The van der Waals surface area contributed by atoms with Gasteiger partial charge in [0.25, 0.3) is 6.43 Å². The van der Waals surface area contributed by atoms with E-state index in [0.717, 1.165) is 69.1 Å². The van der Waals surface area contributed by atoms with Crippen molar-refractivity contribution < 1.29 is 23.1 Å². The standard InChI is InChI=1S/C30H41F2N7O4/c1-37(14-13-19-7-9-21(10-8-19)38-18-22(33)27(36-38)28(31)32)15-17-43-16-3-5-20-4-2-6-23-26(20)35-30(42)39(23)24-11-12-25(40)34-29(24)41/h2,4,6,18-19,21,24,28H,3,5,7-17,33H2,1H3,(H,35,42)(H,34,40,41). The molecule has 1 saturated carbocycles. The number of anilines is 1. The Kier molecular flexibility index (Phi) is 9.91. The van der Waals surface area contributed by atoms with E-state index < -0.39 is 18.4 Å². The fourth-order valence-corrected chi connectivity index (χ4v) is 6.33. The molecule has 3 aromatic rings. The van der Waals surface area contributed by atoms with Crippen LogP contribution in [0.25, 0.3) is 11.0 Å². The number of imidazole rings is 1. The smallest absolute Gasteiger partial charge is 0.327 e. The number of aromatic amines is 1. The highest BCUT2D eigenvalue weighted by Crippen LogP contribution is 2.35. The number of ether oxygens (including phenoxy) is 1. The van der Waals surface area contributed by atoms with Gasteiger partial charge in [0.15, 0.2) is 5.69 Å². The van der Waals surface area contributed by atoms with Crippen LogP contribution in [0.4, 0.5) is 14.5 Å². The number of nitrogen functional groups attached to an aromatic ring is 1. The van der Waals surface area contributed by atoms with Crippen molar-refractivity contribution in [2.24, 2.45) is 5.92 Å². The Morgan fingerprint density at radius 2 is 1.91 bits per heavy atom.